The molecule has 0 atom stereocenters. The lowest BCUT2D eigenvalue weighted by Crippen LogP contribution is -2.26. The number of hydrogen-bond donors (Lipinski definition) is 0. The number of aromatic nitrogens is 3. The Balaban J connectivity index is 1.45. The third-order valence-corrected chi connectivity index (χ3v) is 6.36. The van der Waals surface area contributed by atoms with Crippen LogP contribution in [0.3, 0.4) is 0 Å². The van der Waals surface area contributed by atoms with E-state index in [-0.39, 0.29) is 5.78 Å². The van der Waals surface area contributed by atoms with E-state index in [1.807, 2.05) is 42.2 Å². The lowest BCUT2D eigenvalue weighted by atomic mass is 10.1. The average molecular weight is 401 g/mol. The number of allylic oxidation sites excluding steroid dienone is 3. The first-order valence-electron chi connectivity index (χ1n) is 9.66. The van der Waals surface area contributed by atoms with Gasteiger partial charge in [-0.2, -0.15) is 0 Å². The van der Waals surface area contributed by atoms with E-state index in [0.29, 0.717) is 12.1 Å². The predicted octanol–water partition coefficient (Wildman–Crippen LogP) is 5.14. The van der Waals surface area contributed by atoms with Gasteiger partial charge in [-0.3, -0.25) is 4.79 Å². The Bertz CT molecular complexity index is 1140. The molecule has 5 nitrogen and oxygen atoms in total. The topological polar surface area (TPSA) is 51.0 Å². The maximum absolute atomic E-state index is 11.5. The molecule has 0 saturated carbocycles. The first-order chi connectivity index (χ1) is 14.2. The van der Waals surface area contributed by atoms with Crippen molar-refractivity contribution in [2.45, 2.75) is 31.2 Å². The summed E-state index contributed by atoms with van der Waals surface area (Å²) in [4.78, 5) is 16.4. The molecule has 0 saturated heterocycles. The molecule has 0 bridgehead atoms. The molecule has 2 aromatic carbocycles. The molecule has 2 aliphatic rings. The summed E-state index contributed by atoms with van der Waals surface area (Å²) in [6.07, 6.45) is 8.55. The molecule has 0 radical (unpaired) electrons. The summed E-state index contributed by atoms with van der Waals surface area (Å²) in [7, 11) is 0. The monoisotopic (exact) mass is 400 g/mol. The zero-order valence-electron chi connectivity index (χ0n) is 16.1. The van der Waals surface area contributed by atoms with Crippen molar-refractivity contribution in [3.05, 3.63) is 88.7 Å². The van der Waals surface area contributed by atoms with Crippen LogP contribution >= 0.6 is 11.8 Å². The third-order valence-electron chi connectivity index (χ3n) is 5.20. The third kappa shape index (κ3) is 3.40. The van der Waals surface area contributed by atoms with Gasteiger partial charge in [0.2, 0.25) is 0 Å². The molecule has 29 heavy (non-hydrogen) atoms. The Morgan fingerprint density at radius 3 is 2.79 bits per heavy atom. The highest BCUT2D eigenvalue weighted by atomic mass is 32.2. The van der Waals surface area contributed by atoms with E-state index in [1.54, 1.807) is 11.6 Å². The number of ketones is 1. The second-order valence-corrected chi connectivity index (χ2v) is 8.25. The fourth-order valence-corrected chi connectivity index (χ4v) is 4.87. The van der Waals surface area contributed by atoms with Crippen LogP contribution in [-0.2, 0) is 6.54 Å². The molecule has 2 heterocycles. The molecule has 6 heteroatoms. The Morgan fingerprint density at radius 2 is 1.97 bits per heavy atom. The Morgan fingerprint density at radius 1 is 1.14 bits per heavy atom. The number of benzene rings is 2. The zero-order chi connectivity index (χ0) is 19.8. The SMILES string of the molecule is CC(=O)c1ccc(-n2cc(CN3C4=C(C=CCC4)Sc4ccccc43)nn2)cc1. The van der Waals surface area contributed by atoms with E-state index < -0.39 is 0 Å². The number of rotatable bonds is 4. The number of fused-ring (bicyclic) bond motifs is 1. The summed E-state index contributed by atoms with van der Waals surface area (Å²) in [5.74, 6) is 0.0584. The van der Waals surface area contributed by atoms with Crippen molar-refractivity contribution >= 4 is 23.2 Å². The van der Waals surface area contributed by atoms with E-state index in [1.165, 1.54) is 21.2 Å². The number of Topliss-reactive ketones (excluding diaryl/α,β-unsaturated/α-hetero) is 1. The van der Waals surface area contributed by atoms with E-state index in [4.69, 9.17) is 0 Å². The molecule has 0 N–H and O–H groups in total. The van der Waals surface area contributed by atoms with E-state index >= 15 is 0 Å². The van der Waals surface area contributed by atoms with Gasteiger partial charge in [-0.25, -0.2) is 4.68 Å². The Labute approximate surface area is 173 Å². The molecule has 5 rings (SSSR count). The largest absolute Gasteiger partial charge is 0.337 e. The highest BCUT2D eigenvalue weighted by Crippen LogP contribution is 2.46. The summed E-state index contributed by atoms with van der Waals surface area (Å²) < 4.78 is 1.76. The van der Waals surface area contributed by atoms with Crippen LogP contribution in [0.15, 0.2) is 82.4 Å². The highest BCUT2D eigenvalue weighted by molar-refractivity contribution is 8.03. The zero-order valence-corrected chi connectivity index (χ0v) is 16.9. The number of carbonyl (C=O) groups excluding carboxylic acids is 1. The van der Waals surface area contributed by atoms with Gasteiger partial charge in [0.15, 0.2) is 5.78 Å². The van der Waals surface area contributed by atoms with Crippen molar-refractivity contribution in [3.63, 3.8) is 0 Å². The lowest BCUT2D eigenvalue weighted by Gasteiger charge is -2.35. The van der Waals surface area contributed by atoms with Crippen molar-refractivity contribution in [1.82, 2.24) is 15.0 Å². The van der Waals surface area contributed by atoms with Crippen molar-refractivity contribution < 1.29 is 4.79 Å². The molecular formula is C23H20N4OS. The molecule has 1 aliphatic heterocycles. The number of hydrogen-bond acceptors (Lipinski definition) is 5. The van der Waals surface area contributed by atoms with Crippen LogP contribution in [-0.4, -0.2) is 20.8 Å². The smallest absolute Gasteiger partial charge is 0.159 e. The number of anilines is 1. The predicted molar refractivity (Wildman–Crippen MR) is 115 cm³/mol. The van der Waals surface area contributed by atoms with Crippen molar-refractivity contribution in [1.29, 1.82) is 0 Å². The number of thioether (sulfide) groups is 1. The molecule has 0 unspecified atom stereocenters. The maximum Gasteiger partial charge on any atom is 0.159 e. The first kappa shape index (κ1) is 17.9. The van der Waals surface area contributed by atoms with Crippen LogP contribution in [0.5, 0.6) is 0 Å². The van der Waals surface area contributed by atoms with Crippen LogP contribution in [0.2, 0.25) is 0 Å². The quantitative estimate of drug-likeness (QED) is 0.567. The van der Waals surface area contributed by atoms with Crippen LogP contribution in [0, 0.1) is 0 Å². The van der Waals surface area contributed by atoms with Crippen molar-refractivity contribution in [2.75, 3.05) is 4.90 Å². The maximum atomic E-state index is 11.5. The molecule has 1 aliphatic carbocycles. The second-order valence-electron chi connectivity index (χ2n) is 7.17. The minimum atomic E-state index is 0.0584. The van der Waals surface area contributed by atoms with Crippen LogP contribution in [0.4, 0.5) is 5.69 Å². The first-order valence-corrected chi connectivity index (χ1v) is 10.5. The minimum Gasteiger partial charge on any atom is -0.337 e. The summed E-state index contributed by atoms with van der Waals surface area (Å²) >= 11 is 1.84. The standard InChI is InChI=1S/C23H20N4OS/c1-16(28)17-10-12-19(13-11-17)27-15-18(24-25-27)14-26-20-6-2-4-8-22(20)29-23-9-5-3-7-21(23)26/h2,4-6,8-13,15H,3,7,14H2,1H3. The summed E-state index contributed by atoms with van der Waals surface area (Å²) in [5.41, 5.74) is 5.08. The van der Waals surface area contributed by atoms with E-state index in [9.17, 15) is 4.79 Å². The minimum absolute atomic E-state index is 0.0584. The Kier molecular flexibility index (Phi) is 4.56. The van der Waals surface area contributed by atoms with Gasteiger partial charge in [-0.05, 0) is 56.2 Å². The van der Waals surface area contributed by atoms with Crippen LogP contribution in [0.25, 0.3) is 5.69 Å². The van der Waals surface area contributed by atoms with Crippen LogP contribution < -0.4 is 4.90 Å². The molecule has 0 fully saturated rings. The molecule has 3 aromatic rings. The second kappa shape index (κ2) is 7.37. The molecule has 0 spiro atoms. The summed E-state index contributed by atoms with van der Waals surface area (Å²) in [5, 5.41) is 8.72. The van der Waals surface area contributed by atoms with Gasteiger partial charge in [0.1, 0.15) is 5.69 Å². The fraction of sp³-hybridized carbons (Fsp3) is 0.174. The highest BCUT2D eigenvalue weighted by Gasteiger charge is 2.26. The fourth-order valence-electron chi connectivity index (χ4n) is 3.71. The molecular weight excluding hydrogens is 380 g/mol. The molecule has 144 valence electrons. The number of para-hydroxylation sites is 1. The molecule has 1 aromatic heterocycles. The average Bonchev–Trinajstić information content (AvgIpc) is 3.22. The van der Waals surface area contributed by atoms with Crippen molar-refractivity contribution in [2.24, 2.45) is 0 Å². The van der Waals surface area contributed by atoms with Crippen LogP contribution in [0.1, 0.15) is 35.8 Å². The lowest BCUT2D eigenvalue weighted by molar-refractivity contribution is 0.101. The van der Waals surface area contributed by atoms with Gasteiger partial charge in [-0.1, -0.05) is 41.3 Å². The normalized spacial score (nSPS) is 15.3. The molecule has 0 amide bonds. The van der Waals surface area contributed by atoms with Gasteiger partial charge >= 0.3 is 0 Å². The number of carbonyl (C=O) groups is 1. The van der Waals surface area contributed by atoms with Gasteiger partial charge in [0, 0.05) is 21.1 Å². The van der Waals surface area contributed by atoms with Gasteiger partial charge in [-0.15, -0.1) is 5.10 Å². The van der Waals surface area contributed by atoms with E-state index in [2.05, 4.69) is 51.6 Å². The number of nitrogens with zero attached hydrogens (tertiary/aromatic N) is 4. The summed E-state index contributed by atoms with van der Waals surface area (Å²) in [6.45, 7) is 2.25. The van der Waals surface area contributed by atoms with Crippen molar-refractivity contribution in [3.8, 4) is 5.69 Å². The van der Waals surface area contributed by atoms with Gasteiger partial charge in [0.05, 0.1) is 24.1 Å². The van der Waals surface area contributed by atoms with E-state index in [0.717, 1.165) is 24.2 Å². The Hall–Kier alpha value is -3.12. The summed E-state index contributed by atoms with van der Waals surface area (Å²) in [6, 6.07) is 16.0. The van der Waals surface area contributed by atoms with Gasteiger partial charge in [0.25, 0.3) is 0 Å². The van der Waals surface area contributed by atoms with Gasteiger partial charge < -0.3 is 4.90 Å².